The number of rotatable bonds is 7. The molecule has 2 N–H and O–H groups in total. The number of nitrogens with one attached hydrogen (secondary N) is 2. The third-order valence-corrected chi connectivity index (χ3v) is 6.89. The van der Waals surface area contributed by atoms with Gasteiger partial charge in [-0.05, 0) is 13.1 Å². The maximum absolute atomic E-state index is 13.4. The molecule has 1 saturated heterocycles. The summed E-state index contributed by atoms with van der Waals surface area (Å²) in [6, 6.07) is 0.900. The number of hydrogen-bond donors (Lipinski definition) is 2. The zero-order valence-corrected chi connectivity index (χ0v) is 21.9. The van der Waals surface area contributed by atoms with Crippen LogP contribution in [0.4, 0.5) is 22.2 Å². The molecular weight excluding hydrogens is 509 g/mol. The number of halogens is 2. The van der Waals surface area contributed by atoms with Crippen LogP contribution in [0.15, 0.2) is 24.9 Å². The number of ether oxygens (including phenoxy) is 2. The molecule has 192 valence electrons. The van der Waals surface area contributed by atoms with Crippen LogP contribution >= 0.6 is 23.2 Å². The molecule has 13 heteroatoms. The highest BCUT2D eigenvalue weighted by Crippen LogP contribution is 2.47. The Bertz CT molecular complexity index is 1180. The second kappa shape index (κ2) is 10.4. The lowest BCUT2D eigenvalue weighted by Gasteiger charge is -2.35. The molecule has 11 nitrogen and oxygen atoms in total. The van der Waals surface area contributed by atoms with E-state index in [0.717, 1.165) is 0 Å². The van der Waals surface area contributed by atoms with E-state index >= 15 is 0 Å². The summed E-state index contributed by atoms with van der Waals surface area (Å²) in [5.41, 5.74) is 0.964. The van der Waals surface area contributed by atoms with E-state index < -0.39 is 0 Å². The highest BCUT2D eigenvalue weighted by atomic mass is 35.5. The topological polar surface area (TPSA) is 112 Å². The Morgan fingerprint density at radius 2 is 1.81 bits per heavy atom. The lowest BCUT2D eigenvalue weighted by atomic mass is 10.1. The van der Waals surface area contributed by atoms with Gasteiger partial charge in [-0.25, -0.2) is 9.78 Å². The molecule has 0 aliphatic carbocycles. The first-order valence-corrected chi connectivity index (χ1v) is 11.8. The molecule has 1 aromatic heterocycles. The lowest BCUT2D eigenvalue weighted by Crippen LogP contribution is -2.47. The number of amides is 3. The van der Waals surface area contributed by atoms with Gasteiger partial charge in [0.2, 0.25) is 11.9 Å². The molecule has 4 rings (SSSR count). The number of carbonyl (C=O) groups is 2. The second-order valence-corrected chi connectivity index (χ2v) is 9.28. The predicted octanol–water partition coefficient (Wildman–Crippen LogP) is 2.77. The van der Waals surface area contributed by atoms with Crippen molar-refractivity contribution in [3.63, 3.8) is 0 Å². The van der Waals surface area contributed by atoms with Gasteiger partial charge < -0.3 is 25.0 Å². The second-order valence-electron chi connectivity index (χ2n) is 8.52. The number of urea groups is 1. The number of likely N-dealkylation sites (tertiary alicyclic amines) is 1. The Balaban J connectivity index is 1.62. The molecular formula is C23H27Cl2N7O4. The molecule has 2 aliphatic rings. The molecule has 3 amide bonds. The standard InChI is InChI=1S/C23H27Cl2N7O4/c1-6-17(33)27-13-10-30(2)11-14(13)28-22-26-8-12-9-32(23(34)31(3)21(12)29-22)20-18(24)15(35-4)7-16(36-5)19(20)25/h6-8,13-14H,1,9-11H2,2-5H3,(H,27,33)(H,26,28,29). The molecule has 0 spiro atoms. The van der Waals surface area contributed by atoms with Crippen molar-refractivity contribution in [3.8, 4) is 11.5 Å². The Morgan fingerprint density at radius 1 is 1.17 bits per heavy atom. The minimum Gasteiger partial charge on any atom is -0.495 e. The molecule has 2 aromatic rings. The van der Waals surface area contributed by atoms with Gasteiger partial charge in [0, 0.05) is 38.0 Å². The van der Waals surface area contributed by atoms with E-state index in [1.54, 1.807) is 19.3 Å². The molecule has 1 aromatic carbocycles. The van der Waals surface area contributed by atoms with Crippen LogP contribution in [0.3, 0.4) is 0 Å². The molecule has 3 heterocycles. The number of hydrogen-bond acceptors (Lipinski definition) is 8. The monoisotopic (exact) mass is 535 g/mol. The van der Waals surface area contributed by atoms with Crippen molar-refractivity contribution in [1.29, 1.82) is 0 Å². The molecule has 2 aliphatic heterocycles. The summed E-state index contributed by atoms with van der Waals surface area (Å²) < 4.78 is 10.7. The van der Waals surface area contributed by atoms with Crippen LogP contribution in [0, 0.1) is 0 Å². The van der Waals surface area contributed by atoms with Crippen molar-refractivity contribution in [2.45, 2.75) is 18.6 Å². The largest absolute Gasteiger partial charge is 0.495 e. The van der Waals surface area contributed by atoms with Crippen molar-refractivity contribution < 1.29 is 19.1 Å². The minimum absolute atomic E-state index is 0.125. The molecule has 1 fully saturated rings. The number of nitrogens with zero attached hydrogens (tertiary/aromatic N) is 5. The third-order valence-electron chi connectivity index (χ3n) is 6.16. The zero-order chi connectivity index (χ0) is 26.1. The number of likely N-dealkylation sites (N-methyl/N-ethyl adjacent to an activating group) is 1. The number of fused-ring (bicyclic) bond motifs is 1. The predicted molar refractivity (Wildman–Crippen MR) is 139 cm³/mol. The number of aromatic nitrogens is 2. The van der Waals surface area contributed by atoms with Gasteiger partial charge in [0.1, 0.15) is 27.4 Å². The maximum atomic E-state index is 13.4. The summed E-state index contributed by atoms with van der Waals surface area (Å²) in [5, 5.41) is 6.59. The van der Waals surface area contributed by atoms with Crippen LogP contribution in [0.25, 0.3) is 0 Å². The van der Waals surface area contributed by atoms with Gasteiger partial charge in [-0.2, -0.15) is 4.98 Å². The molecule has 36 heavy (non-hydrogen) atoms. The molecule has 0 saturated carbocycles. The van der Waals surface area contributed by atoms with Crippen LogP contribution in [-0.4, -0.2) is 80.3 Å². The average Bonchev–Trinajstić information content (AvgIpc) is 3.20. The van der Waals surface area contributed by atoms with Crippen LogP contribution in [0.2, 0.25) is 10.0 Å². The van der Waals surface area contributed by atoms with Crippen molar-refractivity contribution >= 4 is 52.6 Å². The van der Waals surface area contributed by atoms with Crippen molar-refractivity contribution in [2.24, 2.45) is 0 Å². The van der Waals surface area contributed by atoms with Crippen LogP contribution in [-0.2, 0) is 11.3 Å². The summed E-state index contributed by atoms with van der Waals surface area (Å²) in [7, 11) is 6.51. The number of anilines is 3. The van der Waals surface area contributed by atoms with Gasteiger partial charge >= 0.3 is 6.03 Å². The molecule has 2 atom stereocenters. The van der Waals surface area contributed by atoms with Gasteiger partial charge in [-0.1, -0.05) is 29.8 Å². The fraction of sp³-hybridized carbons (Fsp3) is 0.391. The number of carbonyl (C=O) groups excluding carboxylic acids is 2. The van der Waals surface area contributed by atoms with E-state index in [9.17, 15) is 9.59 Å². The molecule has 0 radical (unpaired) electrons. The van der Waals surface area contributed by atoms with Crippen molar-refractivity contribution in [2.75, 3.05) is 56.5 Å². The lowest BCUT2D eigenvalue weighted by molar-refractivity contribution is -0.117. The van der Waals surface area contributed by atoms with E-state index in [2.05, 4.69) is 32.1 Å². The van der Waals surface area contributed by atoms with Gasteiger partial charge in [-0.15, -0.1) is 0 Å². The SMILES string of the molecule is C=CC(=O)NC1CN(C)CC1Nc1ncc2c(n1)N(C)C(=O)N(c1c(Cl)c(OC)cc(OC)c1Cl)C2. The van der Waals surface area contributed by atoms with E-state index in [0.29, 0.717) is 41.9 Å². The number of methoxy groups -OCH3 is 2. The Kier molecular flexibility index (Phi) is 7.43. The highest BCUT2D eigenvalue weighted by molar-refractivity contribution is 6.42. The molecule has 2 unspecified atom stereocenters. The van der Waals surface area contributed by atoms with Gasteiger partial charge in [0.05, 0.1) is 38.5 Å². The average molecular weight is 536 g/mol. The summed E-state index contributed by atoms with van der Waals surface area (Å²) in [5.74, 6) is 1.20. The normalized spacial score (nSPS) is 19.7. The highest BCUT2D eigenvalue weighted by Gasteiger charge is 2.36. The number of benzene rings is 1. The van der Waals surface area contributed by atoms with E-state index in [-0.39, 0.29) is 46.3 Å². The van der Waals surface area contributed by atoms with Crippen molar-refractivity contribution in [3.05, 3.63) is 40.5 Å². The van der Waals surface area contributed by atoms with Crippen LogP contribution in [0.1, 0.15) is 5.56 Å². The Labute approximate surface area is 219 Å². The smallest absolute Gasteiger partial charge is 0.330 e. The maximum Gasteiger partial charge on any atom is 0.330 e. The Morgan fingerprint density at radius 3 is 2.42 bits per heavy atom. The quantitative estimate of drug-likeness (QED) is 0.520. The first-order chi connectivity index (χ1) is 17.2. The van der Waals surface area contributed by atoms with Gasteiger partial charge in [-0.3, -0.25) is 14.6 Å². The van der Waals surface area contributed by atoms with E-state index in [1.165, 1.54) is 30.1 Å². The first kappa shape index (κ1) is 25.8. The van der Waals surface area contributed by atoms with Crippen LogP contribution in [0.5, 0.6) is 11.5 Å². The Hall–Kier alpha value is -3.28. The van der Waals surface area contributed by atoms with E-state index in [4.69, 9.17) is 32.7 Å². The summed E-state index contributed by atoms with van der Waals surface area (Å²) >= 11 is 13.1. The fourth-order valence-electron chi connectivity index (χ4n) is 4.36. The molecule has 0 bridgehead atoms. The summed E-state index contributed by atoms with van der Waals surface area (Å²) in [6.07, 6.45) is 2.89. The first-order valence-electron chi connectivity index (χ1n) is 11.1. The fourth-order valence-corrected chi connectivity index (χ4v) is 5.07. The van der Waals surface area contributed by atoms with Gasteiger partial charge in [0.15, 0.2) is 0 Å². The van der Waals surface area contributed by atoms with Crippen molar-refractivity contribution in [1.82, 2.24) is 20.2 Å². The minimum atomic E-state index is -0.386. The zero-order valence-electron chi connectivity index (χ0n) is 20.3. The van der Waals surface area contributed by atoms with E-state index in [1.807, 2.05) is 7.05 Å². The van der Waals surface area contributed by atoms with Gasteiger partial charge in [0.25, 0.3) is 0 Å². The summed E-state index contributed by atoms with van der Waals surface area (Å²) in [6.45, 7) is 5.00. The van der Waals surface area contributed by atoms with Crippen LogP contribution < -0.4 is 29.9 Å². The third kappa shape index (κ3) is 4.73. The summed E-state index contributed by atoms with van der Waals surface area (Å²) in [4.78, 5) is 39.2.